The van der Waals surface area contributed by atoms with Gasteiger partial charge in [-0.05, 0) is 56.6 Å². The van der Waals surface area contributed by atoms with Gasteiger partial charge < -0.3 is 25.4 Å². The van der Waals surface area contributed by atoms with Crippen LogP contribution in [-0.4, -0.2) is 58.7 Å². The molecule has 2 aromatic rings. The predicted molar refractivity (Wildman–Crippen MR) is 120 cm³/mol. The minimum absolute atomic E-state index is 0.194. The highest BCUT2D eigenvalue weighted by Gasteiger charge is 2.26. The molecule has 2 heterocycles. The first-order valence-electron chi connectivity index (χ1n) is 11.1. The second kappa shape index (κ2) is 9.96. The number of anilines is 3. The molecule has 4 rings (SSSR count). The molecule has 1 aliphatic carbocycles. The van der Waals surface area contributed by atoms with E-state index in [-0.39, 0.29) is 12.1 Å². The van der Waals surface area contributed by atoms with Crippen LogP contribution in [0.15, 0.2) is 30.5 Å². The zero-order valence-electron chi connectivity index (χ0n) is 18.0. The van der Waals surface area contributed by atoms with E-state index in [4.69, 9.17) is 9.72 Å². The molecule has 31 heavy (non-hydrogen) atoms. The summed E-state index contributed by atoms with van der Waals surface area (Å²) in [6.07, 6.45) is 7.93. The number of aromatic nitrogens is 2. The van der Waals surface area contributed by atoms with Gasteiger partial charge in [-0.25, -0.2) is 4.98 Å². The molecule has 0 radical (unpaired) electrons. The highest BCUT2D eigenvalue weighted by molar-refractivity contribution is 5.59. The Morgan fingerprint density at radius 1 is 1.16 bits per heavy atom. The number of hydrogen-bond donors (Lipinski definition) is 3. The van der Waals surface area contributed by atoms with E-state index in [1.54, 1.807) is 7.11 Å². The summed E-state index contributed by atoms with van der Waals surface area (Å²) in [6, 6.07) is 7.96. The first kappa shape index (κ1) is 21.4. The molecule has 1 aliphatic heterocycles. The summed E-state index contributed by atoms with van der Waals surface area (Å²) in [7, 11) is 1.64. The highest BCUT2D eigenvalue weighted by atomic mass is 16.5. The molecule has 1 aromatic carbocycles. The fraction of sp³-hybridized carbons (Fsp3) is 0.522. The topological polar surface area (TPSA) is 99.6 Å². The number of piperidine rings is 1. The Morgan fingerprint density at radius 3 is 2.65 bits per heavy atom. The van der Waals surface area contributed by atoms with Crippen molar-refractivity contribution in [3.63, 3.8) is 0 Å². The smallest absolute Gasteiger partial charge is 0.229 e. The van der Waals surface area contributed by atoms with Gasteiger partial charge in [0.25, 0.3) is 0 Å². The van der Waals surface area contributed by atoms with Gasteiger partial charge in [0, 0.05) is 42.6 Å². The molecule has 0 atom stereocenters. The second-order valence-electron chi connectivity index (χ2n) is 8.42. The van der Waals surface area contributed by atoms with Crippen LogP contribution in [0.1, 0.15) is 50.0 Å². The maximum atomic E-state index is 11.1. The van der Waals surface area contributed by atoms with E-state index >= 15 is 0 Å². The van der Waals surface area contributed by atoms with Crippen molar-refractivity contribution in [2.75, 3.05) is 30.8 Å². The lowest BCUT2D eigenvalue weighted by molar-refractivity contribution is -0.119. The molecule has 3 N–H and O–H groups in total. The summed E-state index contributed by atoms with van der Waals surface area (Å²) in [6.45, 7) is 1.51. The van der Waals surface area contributed by atoms with E-state index in [0.717, 1.165) is 80.8 Å². The van der Waals surface area contributed by atoms with E-state index in [1.807, 2.05) is 35.4 Å². The van der Waals surface area contributed by atoms with Crippen LogP contribution in [0, 0.1) is 0 Å². The number of aliphatic hydroxyl groups excluding tert-OH is 1. The van der Waals surface area contributed by atoms with Crippen LogP contribution in [0.4, 0.5) is 17.5 Å². The van der Waals surface area contributed by atoms with Crippen LogP contribution in [-0.2, 0) is 4.79 Å². The lowest BCUT2D eigenvalue weighted by atomic mass is 9.89. The Balaban J connectivity index is 1.55. The number of rotatable bonds is 7. The second-order valence-corrected chi connectivity index (χ2v) is 8.42. The van der Waals surface area contributed by atoms with Gasteiger partial charge in [-0.2, -0.15) is 4.98 Å². The van der Waals surface area contributed by atoms with Crippen molar-refractivity contribution in [3.05, 3.63) is 36.0 Å². The molecule has 166 valence electrons. The maximum Gasteiger partial charge on any atom is 0.229 e. The minimum atomic E-state index is -0.194. The average Bonchev–Trinajstić information content (AvgIpc) is 2.81. The summed E-state index contributed by atoms with van der Waals surface area (Å²) < 4.78 is 5.30. The minimum Gasteiger partial charge on any atom is -0.497 e. The molecule has 0 bridgehead atoms. The number of nitrogens with zero attached hydrogens (tertiary/aromatic N) is 3. The monoisotopic (exact) mass is 425 g/mol. The standard InChI is InChI=1S/C23H31N5O3/c1-31-20-4-2-3-18(13-20)26-23-24-14-21(16-9-11-28(15-29)12-10-16)22(27-23)25-17-5-7-19(30)8-6-17/h2-4,13-17,19,30H,5-12H2,1H3,(H2,24,25,26,27). The third kappa shape index (κ3) is 5.44. The SMILES string of the molecule is COc1cccc(Nc2ncc(C3CCN(C=O)CC3)c(NC3CCC(O)CC3)n2)c1. The van der Waals surface area contributed by atoms with E-state index < -0.39 is 0 Å². The molecular weight excluding hydrogens is 394 g/mol. The Morgan fingerprint density at radius 2 is 1.94 bits per heavy atom. The van der Waals surface area contributed by atoms with Crippen LogP contribution in [0.5, 0.6) is 5.75 Å². The van der Waals surface area contributed by atoms with Crippen molar-refractivity contribution in [2.45, 2.75) is 56.6 Å². The average molecular weight is 426 g/mol. The van der Waals surface area contributed by atoms with Crippen LogP contribution in [0.3, 0.4) is 0 Å². The van der Waals surface area contributed by atoms with Gasteiger partial charge in [-0.1, -0.05) is 6.07 Å². The van der Waals surface area contributed by atoms with Crippen molar-refractivity contribution in [1.29, 1.82) is 0 Å². The van der Waals surface area contributed by atoms with E-state index in [1.165, 1.54) is 0 Å². The zero-order valence-corrected chi connectivity index (χ0v) is 18.0. The number of nitrogens with one attached hydrogen (secondary N) is 2. The quantitative estimate of drug-likeness (QED) is 0.586. The molecule has 1 saturated carbocycles. The molecular formula is C23H31N5O3. The molecule has 8 nitrogen and oxygen atoms in total. The number of benzene rings is 1. The first-order valence-corrected chi connectivity index (χ1v) is 11.1. The van der Waals surface area contributed by atoms with E-state index in [2.05, 4.69) is 15.6 Å². The number of carbonyl (C=O) groups excluding carboxylic acids is 1. The number of carbonyl (C=O) groups is 1. The van der Waals surface area contributed by atoms with Crippen LogP contribution in [0.25, 0.3) is 0 Å². The van der Waals surface area contributed by atoms with Gasteiger partial charge >= 0.3 is 0 Å². The van der Waals surface area contributed by atoms with E-state index in [0.29, 0.717) is 11.9 Å². The number of methoxy groups -OCH3 is 1. The number of aliphatic hydroxyl groups is 1. The zero-order chi connectivity index (χ0) is 21.6. The molecule has 0 spiro atoms. The van der Waals surface area contributed by atoms with Gasteiger partial charge in [-0.15, -0.1) is 0 Å². The Hall–Kier alpha value is -2.87. The van der Waals surface area contributed by atoms with Gasteiger partial charge in [0.15, 0.2) is 0 Å². The fourth-order valence-corrected chi connectivity index (χ4v) is 4.43. The van der Waals surface area contributed by atoms with Crippen molar-refractivity contribution in [3.8, 4) is 5.75 Å². The van der Waals surface area contributed by atoms with Gasteiger partial charge in [-0.3, -0.25) is 4.79 Å². The largest absolute Gasteiger partial charge is 0.497 e. The fourth-order valence-electron chi connectivity index (χ4n) is 4.43. The summed E-state index contributed by atoms with van der Waals surface area (Å²) in [5.74, 6) is 2.47. The number of likely N-dealkylation sites (tertiary alicyclic amines) is 1. The molecule has 0 unspecified atom stereocenters. The van der Waals surface area contributed by atoms with Crippen molar-refractivity contribution >= 4 is 23.9 Å². The molecule has 2 aliphatic rings. The molecule has 8 heteroatoms. The highest BCUT2D eigenvalue weighted by Crippen LogP contribution is 2.34. The van der Waals surface area contributed by atoms with Crippen molar-refractivity contribution < 1.29 is 14.6 Å². The molecule has 2 fully saturated rings. The molecule has 1 aromatic heterocycles. The molecule has 1 saturated heterocycles. The lowest BCUT2D eigenvalue weighted by Gasteiger charge is -2.32. The van der Waals surface area contributed by atoms with Gasteiger partial charge in [0.1, 0.15) is 11.6 Å². The number of amides is 1. The summed E-state index contributed by atoms with van der Waals surface area (Å²) in [4.78, 5) is 22.3. The normalized spacial score (nSPS) is 22.1. The lowest BCUT2D eigenvalue weighted by Crippen LogP contribution is -2.33. The van der Waals surface area contributed by atoms with E-state index in [9.17, 15) is 9.90 Å². The van der Waals surface area contributed by atoms with Gasteiger partial charge in [0.05, 0.1) is 13.2 Å². The Kier molecular flexibility index (Phi) is 6.86. The van der Waals surface area contributed by atoms with Crippen molar-refractivity contribution in [1.82, 2.24) is 14.9 Å². The summed E-state index contributed by atoms with van der Waals surface area (Å²) in [5.41, 5.74) is 1.96. The van der Waals surface area contributed by atoms with Gasteiger partial charge in [0.2, 0.25) is 12.4 Å². The van der Waals surface area contributed by atoms with Crippen LogP contribution in [0.2, 0.25) is 0 Å². The number of hydrogen-bond acceptors (Lipinski definition) is 7. The Labute approximate surface area is 183 Å². The number of ether oxygens (including phenoxy) is 1. The third-order valence-corrected chi connectivity index (χ3v) is 6.30. The van der Waals surface area contributed by atoms with Crippen LogP contribution < -0.4 is 15.4 Å². The summed E-state index contributed by atoms with van der Waals surface area (Å²) in [5, 5.41) is 16.7. The maximum absolute atomic E-state index is 11.1. The van der Waals surface area contributed by atoms with Crippen LogP contribution >= 0.6 is 0 Å². The first-order chi connectivity index (χ1) is 15.1. The predicted octanol–water partition coefficient (Wildman–Crippen LogP) is 3.28. The summed E-state index contributed by atoms with van der Waals surface area (Å²) >= 11 is 0. The Bertz CT molecular complexity index is 877. The van der Waals surface area contributed by atoms with Crippen molar-refractivity contribution in [2.24, 2.45) is 0 Å². The molecule has 1 amide bonds. The third-order valence-electron chi connectivity index (χ3n) is 6.30.